The van der Waals surface area contributed by atoms with Gasteiger partial charge in [0.15, 0.2) is 11.2 Å². The summed E-state index contributed by atoms with van der Waals surface area (Å²) in [6.07, 6.45) is -0.767. The molecule has 15 heteroatoms. The molecule has 1 aliphatic rings. The van der Waals surface area contributed by atoms with Gasteiger partial charge < -0.3 is 30.3 Å². The minimum atomic E-state index is -4.72. The number of carboxylic acid groups (broad SMARTS) is 1. The number of nitrogen functional groups attached to an aromatic ring is 1. The summed E-state index contributed by atoms with van der Waals surface area (Å²) in [7, 11) is -4.72. The molecule has 28 heavy (non-hydrogen) atoms. The van der Waals surface area contributed by atoms with Crippen molar-refractivity contribution in [1.82, 2.24) is 19.5 Å². The lowest BCUT2D eigenvalue weighted by atomic mass is 10.2. The number of fused-ring (bicyclic) bond motifs is 1. The second-order valence-corrected chi connectivity index (χ2v) is 7.60. The Bertz CT molecular complexity index is 975. The van der Waals surface area contributed by atoms with Gasteiger partial charge in [0.1, 0.15) is 12.3 Å². The maximum absolute atomic E-state index is 11.8. The van der Waals surface area contributed by atoms with Crippen LogP contribution in [0.2, 0.25) is 0 Å². The van der Waals surface area contributed by atoms with Gasteiger partial charge in [-0.3, -0.25) is 18.9 Å². The third-order valence-electron chi connectivity index (χ3n) is 3.98. The molecule has 0 aliphatic carbocycles. The van der Waals surface area contributed by atoms with Crippen molar-refractivity contribution in [3.63, 3.8) is 0 Å². The first-order valence-corrected chi connectivity index (χ1v) is 9.61. The van der Waals surface area contributed by atoms with E-state index in [1.54, 1.807) is 0 Å². The number of anilines is 1. The highest BCUT2D eigenvalue weighted by Gasteiger charge is 2.36. The highest BCUT2D eigenvalue weighted by Crippen LogP contribution is 2.42. The first kappa shape index (κ1) is 20.4. The highest BCUT2D eigenvalue weighted by molar-refractivity contribution is 7.70. The predicted molar refractivity (Wildman–Crippen MR) is 91.7 cm³/mol. The summed E-state index contributed by atoms with van der Waals surface area (Å²) in [5.41, 5.74) is 3.38. The van der Waals surface area contributed by atoms with Crippen LogP contribution in [0.25, 0.3) is 11.2 Å². The highest BCUT2D eigenvalue weighted by atomic mass is 31.2. The van der Waals surface area contributed by atoms with E-state index in [1.165, 1.54) is 10.9 Å². The van der Waals surface area contributed by atoms with E-state index in [-0.39, 0.29) is 36.7 Å². The van der Waals surface area contributed by atoms with Gasteiger partial charge in [0.25, 0.3) is 5.56 Å². The molecule has 0 spiro atoms. The summed E-state index contributed by atoms with van der Waals surface area (Å²) in [6.45, 7) is -0.687. The first-order chi connectivity index (χ1) is 13.2. The lowest BCUT2D eigenvalue weighted by molar-refractivity contribution is -0.0642. The van der Waals surface area contributed by atoms with E-state index in [0.29, 0.717) is 0 Å². The minimum absolute atomic E-state index is 0.0768. The lowest BCUT2D eigenvalue weighted by Gasteiger charge is -2.16. The molecule has 4 unspecified atom stereocenters. The zero-order valence-electron chi connectivity index (χ0n) is 14.3. The monoisotopic (exact) mass is 419 g/mol. The maximum atomic E-state index is 11.8. The van der Waals surface area contributed by atoms with Crippen LogP contribution in [0, 0.1) is 0 Å². The standard InChI is InChI=1S/C13H18N5O9P/c14-12-16-10-9(11(20)17-12)15-5-18(10)8-3-6(19)7(27-8)4-25-1-2-26-28(23,24)13(21)22/h5-8,19H,1-4H2,(H,21,22)(H,23,24)(H3,14,16,17,20). The van der Waals surface area contributed by atoms with Crippen LogP contribution >= 0.6 is 7.60 Å². The molecule has 14 nitrogen and oxygen atoms in total. The Morgan fingerprint density at radius 3 is 2.96 bits per heavy atom. The largest absolute Gasteiger partial charge is 0.472 e. The zero-order valence-corrected chi connectivity index (χ0v) is 15.2. The molecular formula is C13H18N5O9P. The molecule has 0 radical (unpaired) electrons. The van der Waals surface area contributed by atoms with Gasteiger partial charge in [-0.25, -0.2) is 14.3 Å². The fourth-order valence-electron chi connectivity index (χ4n) is 2.66. The number of aromatic amines is 1. The Morgan fingerprint density at radius 2 is 2.25 bits per heavy atom. The number of aliphatic hydroxyl groups excluding tert-OH is 1. The van der Waals surface area contributed by atoms with Crippen LogP contribution < -0.4 is 11.3 Å². The summed E-state index contributed by atoms with van der Waals surface area (Å²) in [5.74, 6) is -0.0831. The van der Waals surface area contributed by atoms with Crippen LogP contribution in [0.3, 0.4) is 0 Å². The quantitative estimate of drug-likeness (QED) is 0.264. The molecule has 154 valence electrons. The minimum Gasteiger partial charge on any atom is -0.472 e. The molecule has 2 aromatic heterocycles. The van der Waals surface area contributed by atoms with Crippen molar-refractivity contribution in [2.24, 2.45) is 0 Å². The molecule has 3 rings (SSSR count). The van der Waals surface area contributed by atoms with E-state index in [9.17, 15) is 19.3 Å². The van der Waals surface area contributed by atoms with E-state index in [4.69, 9.17) is 25.2 Å². The van der Waals surface area contributed by atoms with Crippen LogP contribution in [0.4, 0.5) is 10.7 Å². The van der Waals surface area contributed by atoms with Crippen molar-refractivity contribution in [3.05, 3.63) is 16.7 Å². The molecule has 0 bridgehead atoms. The number of hydrogen-bond acceptors (Lipinski definition) is 10. The van der Waals surface area contributed by atoms with Crippen LogP contribution in [0.1, 0.15) is 12.6 Å². The number of ether oxygens (including phenoxy) is 2. The Hall–Kier alpha value is -2.35. The Labute approximate surface area is 156 Å². The van der Waals surface area contributed by atoms with E-state index in [0.717, 1.165) is 0 Å². The van der Waals surface area contributed by atoms with Gasteiger partial charge in [-0.05, 0) is 0 Å². The van der Waals surface area contributed by atoms with Crippen molar-refractivity contribution >= 4 is 30.4 Å². The average molecular weight is 419 g/mol. The van der Waals surface area contributed by atoms with Crippen molar-refractivity contribution in [2.45, 2.75) is 24.9 Å². The van der Waals surface area contributed by atoms with Gasteiger partial charge in [-0.1, -0.05) is 0 Å². The molecular weight excluding hydrogens is 401 g/mol. The van der Waals surface area contributed by atoms with E-state index in [1.807, 2.05) is 0 Å². The summed E-state index contributed by atoms with van der Waals surface area (Å²) < 4.78 is 27.8. The second kappa shape index (κ2) is 7.95. The maximum Gasteiger partial charge on any atom is 0.435 e. The summed E-state index contributed by atoms with van der Waals surface area (Å²) in [6, 6.07) is 0. The smallest absolute Gasteiger partial charge is 0.435 e. The Morgan fingerprint density at radius 1 is 1.50 bits per heavy atom. The third-order valence-corrected chi connectivity index (χ3v) is 5.00. The fraction of sp³-hybridized carbons (Fsp3) is 0.538. The molecule has 3 heterocycles. The number of H-pyrrole nitrogens is 1. The number of nitrogens with zero attached hydrogens (tertiary/aromatic N) is 3. The molecule has 1 saturated heterocycles. The van der Waals surface area contributed by atoms with Crippen LogP contribution in [0.15, 0.2) is 11.1 Å². The number of rotatable bonds is 8. The number of aliphatic hydroxyl groups is 1. The van der Waals surface area contributed by atoms with Crippen molar-refractivity contribution in [2.75, 3.05) is 25.6 Å². The molecule has 0 saturated carbocycles. The van der Waals surface area contributed by atoms with Gasteiger partial charge >= 0.3 is 13.3 Å². The number of nitrogens with two attached hydrogens (primary N) is 1. The second-order valence-electron chi connectivity index (χ2n) is 5.92. The lowest BCUT2D eigenvalue weighted by Crippen LogP contribution is -2.27. The van der Waals surface area contributed by atoms with Gasteiger partial charge in [0.05, 0.1) is 32.3 Å². The van der Waals surface area contributed by atoms with E-state index < -0.39 is 43.9 Å². The number of carbonyl (C=O) groups is 1. The molecule has 6 N–H and O–H groups in total. The number of imidazole rings is 1. The fourth-order valence-corrected chi connectivity index (χ4v) is 3.10. The van der Waals surface area contributed by atoms with Crippen molar-refractivity contribution < 1.29 is 38.5 Å². The van der Waals surface area contributed by atoms with Crippen LogP contribution in [-0.2, 0) is 18.6 Å². The Kier molecular flexibility index (Phi) is 5.79. The predicted octanol–water partition coefficient (Wildman–Crippen LogP) is -0.753. The first-order valence-electron chi connectivity index (χ1n) is 8.03. The van der Waals surface area contributed by atoms with E-state index in [2.05, 4.69) is 19.5 Å². The molecule has 4 atom stereocenters. The van der Waals surface area contributed by atoms with E-state index >= 15 is 0 Å². The number of nitrogens with one attached hydrogen (secondary N) is 1. The Balaban J connectivity index is 1.56. The van der Waals surface area contributed by atoms with Gasteiger partial charge in [-0.15, -0.1) is 0 Å². The molecule has 1 fully saturated rings. The molecule has 0 amide bonds. The topological polar surface area (TPSA) is 212 Å². The normalized spacial score (nSPS) is 24.4. The van der Waals surface area contributed by atoms with Crippen molar-refractivity contribution in [3.8, 4) is 0 Å². The number of hydrogen-bond donors (Lipinski definition) is 5. The molecule has 0 aromatic carbocycles. The van der Waals surface area contributed by atoms with Gasteiger partial charge in [-0.2, -0.15) is 4.98 Å². The SMILES string of the molecule is Nc1nc2c(ncn2C2CC(O)C(COCCOP(=O)(O)C(=O)O)O2)c(=O)[nH]1. The van der Waals surface area contributed by atoms with Gasteiger partial charge in [0, 0.05) is 6.42 Å². The molecule has 2 aromatic rings. The summed E-state index contributed by atoms with van der Waals surface area (Å²) >= 11 is 0. The summed E-state index contributed by atoms with van der Waals surface area (Å²) in [4.78, 5) is 41.6. The van der Waals surface area contributed by atoms with Crippen LogP contribution in [-0.4, -0.2) is 72.4 Å². The molecule has 1 aliphatic heterocycles. The number of aromatic nitrogens is 4. The average Bonchev–Trinajstić information content (AvgIpc) is 3.18. The third kappa shape index (κ3) is 4.22. The van der Waals surface area contributed by atoms with Gasteiger partial charge in [0.2, 0.25) is 5.95 Å². The zero-order chi connectivity index (χ0) is 20.5. The van der Waals surface area contributed by atoms with Crippen molar-refractivity contribution in [1.29, 1.82) is 0 Å². The van der Waals surface area contributed by atoms with Crippen LogP contribution in [0.5, 0.6) is 0 Å². The summed E-state index contributed by atoms with van der Waals surface area (Å²) in [5, 5.41) is 18.6.